The number of anilines is 1. The van der Waals surface area contributed by atoms with E-state index in [1.807, 2.05) is 37.4 Å². The van der Waals surface area contributed by atoms with Crippen LogP contribution < -0.4 is 5.32 Å². The molecule has 0 unspecified atom stereocenters. The molecule has 2 aromatic heterocycles. The zero-order chi connectivity index (χ0) is 13.7. The molecule has 100 valence electrons. The van der Waals surface area contributed by atoms with E-state index in [2.05, 4.69) is 10.4 Å². The molecule has 1 amide bonds. The van der Waals surface area contributed by atoms with E-state index in [0.717, 1.165) is 28.1 Å². The normalized spacial score (nSPS) is 18.1. The number of para-hydroxylation sites is 1. The number of hydrogen-bond donors (Lipinski definition) is 1. The Kier molecular flexibility index (Phi) is 2.24. The molecule has 3 aromatic rings. The molecular weight excluding hydrogens is 254 g/mol. The zero-order valence-electron chi connectivity index (χ0n) is 11.0. The first-order chi connectivity index (χ1) is 9.72. The van der Waals surface area contributed by atoms with Crippen molar-refractivity contribution in [1.82, 2.24) is 9.78 Å². The van der Waals surface area contributed by atoms with E-state index >= 15 is 0 Å². The van der Waals surface area contributed by atoms with Crippen molar-refractivity contribution in [2.24, 2.45) is 7.05 Å². The van der Waals surface area contributed by atoms with Gasteiger partial charge in [0.05, 0.1) is 12.1 Å². The minimum atomic E-state index is -0.0696. The van der Waals surface area contributed by atoms with Gasteiger partial charge >= 0.3 is 0 Å². The summed E-state index contributed by atoms with van der Waals surface area (Å²) >= 11 is 0. The maximum Gasteiger partial charge on any atom is 0.226 e. The van der Waals surface area contributed by atoms with Gasteiger partial charge in [0, 0.05) is 24.4 Å². The second-order valence-corrected chi connectivity index (χ2v) is 5.06. The third-order valence-electron chi connectivity index (χ3n) is 3.78. The Bertz CT molecular complexity index is 783. The van der Waals surface area contributed by atoms with E-state index in [1.54, 1.807) is 10.9 Å². The van der Waals surface area contributed by atoms with Crippen molar-refractivity contribution in [3.63, 3.8) is 0 Å². The molecule has 0 bridgehead atoms. The van der Waals surface area contributed by atoms with Crippen molar-refractivity contribution >= 4 is 22.7 Å². The van der Waals surface area contributed by atoms with Gasteiger partial charge in [-0.25, -0.2) is 0 Å². The Morgan fingerprint density at radius 2 is 2.25 bits per heavy atom. The fourth-order valence-electron chi connectivity index (χ4n) is 2.77. The average Bonchev–Trinajstić information content (AvgIpc) is 3.02. The van der Waals surface area contributed by atoms with Gasteiger partial charge in [-0.1, -0.05) is 18.2 Å². The largest absolute Gasteiger partial charge is 0.460 e. The smallest absolute Gasteiger partial charge is 0.226 e. The molecule has 0 spiro atoms. The highest BCUT2D eigenvalue weighted by Crippen LogP contribution is 2.38. The summed E-state index contributed by atoms with van der Waals surface area (Å²) in [5.41, 5.74) is 1.85. The summed E-state index contributed by atoms with van der Waals surface area (Å²) < 4.78 is 7.59. The van der Waals surface area contributed by atoms with Crippen LogP contribution in [0, 0.1) is 0 Å². The van der Waals surface area contributed by atoms with Crippen LogP contribution >= 0.6 is 0 Å². The number of carbonyl (C=O) groups is 1. The summed E-state index contributed by atoms with van der Waals surface area (Å²) in [5, 5.41) is 8.14. The van der Waals surface area contributed by atoms with Crippen molar-refractivity contribution in [2.75, 3.05) is 5.32 Å². The number of rotatable bonds is 1. The lowest BCUT2D eigenvalue weighted by molar-refractivity contribution is -0.116. The molecule has 5 nitrogen and oxygen atoms in total. The van der Waals surface area contributed by atoms with Crippen molar-refractivity contribution in [2.45, 2.75) is 12.3 Å². The van der Waals surface area contributed by atoms with E-state index < -0.39 is 0 Å². The van der Waals surface area contributed by atoms with Gasteiger partial charge in [-0.2, -0.15) is 5.10 Å². The van der Waals surface area contributed by atoms with Crippen molar-refractivity contribution in [1.29, 1.82) is 0 Å². The average molecular weight is 267 g/mol. The van der Waals surface area contributed by atoms with Gasteiger partial charge in [0.2, 0.25) is 5.91 Å². The molecule has 1 aliphatic rings. The van der Waals surface area contributed by atoms with Crippen LogP contribution in [0.2, 0.25) is 0 Å². The number of aryl methyl sites for hydroxylation is 1. The Hall–Kier alpha value is -2.56. The summed E-state index contributed by atoms with van der Waals surface area (Å²) in [6.45, 7) is 0. The van der Waals surface area contributed by atoms with Crippen molar-refractivity contribution < 1.29 is 9.21 Å². The standard InChI is InChI=1S/C15H13N3O2/c1-18-15-11(8-16-18)10(7-14(19)17-15)13-6-9-4-2-3-5-12(9)20-13/h2-6,8,10H,7H2,1H3,(H,17,19)/t10-/m0/s1. The Morgan fingerprint density at radius 3 is 3.10 bits per heavy atom. The fraction of sp³-hybridized carbons (Fsp3) is 0.200. The SMILES string of the molecule is Cn1ncc2c1NC(=O)C[C@@H]2c1cc2ccccc2o1. The molecule has 1 aliphatic heterocycles. The van der Waals surface area contributed by atoms with Crippen LogP contribution in [-0.4, -0.2) is 15.7 Å². The molecule has 1 N–H and O–H groups in total. The maximum absolute atomic E-state index is 11.9. The molecule has 1 atom stereocenters. The summed E-state index contributed by atoms with van der Waals surface area (Å²) in [6.07, 6.45) is 2.19. The molecule has 3 heterocycles. The molecule has 20 heavy (non-hydrogen) atoms. The topological polar surface area (TPSA) is 60.1 Å². The van der Waals surface area contributed by atoms with Crippen LogP contribution in [0.25, 0.3) is 11.0 Å². The van der Waals surface area contributed by atoms with Gasteiger partial charge in [-0.15, -0.1) is 0 Å². The van der Waals surface area contributed by atoms with Crippen LogP contribution in [-0.2, 0) is 11.8 Å². The highest BCUT2D eigenvalue weighted by molar-refractivity contribution is 5.94. The van der Waals surface area contributed by atoms with E-state index in [1.165, 1.54) is 0 Å². The highest BCUT2D eigenvalue weighted by atomic mass is 16.3. The number of aromatic nitrogens is 2. The maximum atomic E-state index is 11.9. The predicted molar refractivity (Wildman–Crippen MR) is 74.5 cm³/mol. The van der Waals surface area contributed by atoms with E-state index in [0.29, 0.717) is 6.42 Å². The molecule has 0 fully saturated rings. The molecule has 0 saturated carbocycles. The Morgan fingerprint density at radius 1 is 1.40 bits per heavy atom. The summed E-state index contributed by atoms with van der Waals surface area (Å²) in [7, 11) is 1.82. The van der Waals surface area contributed by atoms with E-state index in [9.17, 15) is 4.79 Å². The lowest BCUT2D eigenvalue weighted by Gasteiger charge is -2.21. The van der Waals surface area contributed by atoms with Gasteiger partial charge < -0.3 is 9.73 Å². The summed E-state index contributed by atoms with van der Waals surface area (Å²) in [5.74, 6) is 1.49. The van der Waals surface area contributed by atoms with Crippen LogP contribution in [0.3, 0.4) is 0 Å². The van der Waals surface area contributed by atoms with Crippen molar-refractivity contribution in [3.05, 3.63) is 47.9 Å². The first-order valence-electron chi connectivity index (χ1n) is 6.52. The van der Waals surface area contributed by atoms with E-state index in [4.69, 9.17) is 4.42 Å². The molecular formula is C15H13N3O2. The molecule has 1 aromatic carbocycles. The first-order valence-corrected chi connectivity index (χ1v) is 6.52. The van der Waals surface area contributed by atoms with Crippen LogP contribution in [0.4, 0.5) is 5.82 Å². The van der Waals surface area contributed by atoms with Gasteiger partial charge in [-0.05, 0) is 12.1 Å². The Balaban J connectivity index is 1.87. The van der Waals surface area contributed by atoms with Gasteiger partial charge in [-0.3, -0.25) is 9.48 Å². The predicted octanol–water partition coefficient (Wildman–Crippen LogP) is 2.64. The number of furan rings is 1. The van der Waals surface area contributed by atoms with Crippen LogP contribution in [0.1, 0.15) is 23.7 Å². The molecule has 0 radical (unpaired) electrons. The van der Waals surface area contributed by atoms with Gasteiger partial charge in [0.25, 0.3) is 0 Å². The minimum absolute atomic E-state index is 0.00782. The van der Waals surface area contributed by atoms with Crippen LogP contribution in [0.5, 0.6) is 0 Å². The second-order valence-electron chi connectivity index (χ2n) is 5.06. The Labute approximate surface area is 115 Å². The molecule has 5 heteroatoms. The monoisotopic (exact) mass is 267 g/mol. The van der Waals surface area contributed by atoms with Gasteiger partial charge in [0.15, 0.2) is 0 Å². The second kappa shape index (κ2) is 3.96. The van der Waals surface area contributed by atoms with Crippen LogP contribution in [0.15, 0.2) is 40.9 Å². The highest BCUT2D eigenvalue weighted by Gasteiger charge is 2.31. The van der Waals surface area contributed by atoms with Crippen molar-refractivity contribution in [3.8, 4) is 0 Å². The first kappa shape index (κ1) is 11.3. The number of fused-ring (bicyclic) bond motifs is 2. The van der Waals surface area contributed by atoms with E-state index in [-0.39, 0.29) is 11.8 Å². The number of nitrogens with zero attached hydrogens (tertiary/aromatic N) is 2. The molecule has 0 saturated heterocycles. The third-order valence-corrected chi connectivity index (χ3v) is 3.78. The van der Waals surface area contributed by atoms with Gasteiger partial charge in [0.1, 0.15) is 17.2 Å². The minimum Gasteiger partial charge on any atom is -0.460 e. The quantitative estimate of drug-likeness (QED) is 0.737. The molecule has 0 aliphatic carbocycles. The lowest BCUT2D eigenvalue weighted by atomic mass is 9.92. The number of nitrogens with one attached hydrogen (secondary N) is 1. The lowest BCUT2D eigenvalue weighted by Crippen LogP contribution is -2.24. The summed E-state index contributed by atoms with van der Waals surface area (Å²) in [4.78, 5) is 11.9. The molecule has 4 rings (SSSR count). The number of amides is 1. The number of benzene rings is 1. The zero-order valence-corrected chi connectivity index (χ0v) is 11.0. The number of hydrogen-bond acceptors (Lipinski definition) is 3. The third kappa shape index (κ3) is 1.56. The number of carbonyl (C=O) groups excluding carboxylic acids is 1. The fourth-order valence-corrected chi connectivity index (χ4v) is 2.77. The summed E-state index contributed by atoms with van der Waals surface area (Å²) in [6, 6.07) is 9.88.